The van der Waals surface area contributed by atoms with Crippen LogP contribution in [0.2, 0.25) is 0 Å². The van der Waals surface area contributed by atoms with Crippen molar-refractivity contribution in [3.8, 4) is 11.5 Å². The lowest BCUT2D eigenvalue weighted by atomic mass is 9.97. The summed E-state index contributed by atoms with van der Waals surface area (Å²) in [4.78, 5) is 30.4. The van der Waals surface area contributed by atoms with Crippen LogP contribution in [0.15, 0.2) is 21.3 Å². The Morgan fingerprint density at radius 1 is 1.24 bits per heavy atom. The predicted molar refractivity (Wildman–Crippen MR) is 89.4 cm³/mol. The molecule has 0 bridgehead atoms. The van der Waals surface area contributed by atoms with E-state index in [9.17, 15) is 9.59 Å². The van der Waals surface area contributed by atoms with Crippen molar-refractivity contribution < 1.29 is 18.8 Å². The van der Waals surface area contributed by atoms with Crippen molar-refractivity contribution >= 4 is 23.2 Å². The van der Waals surface area contributed by atoms with Crippen molar-refractivity contribution in [1.29, 1.82) is 0 Å². The number of nitrogens with zero attached hydrogens (tertiary/aromatic N) is 3. The number of carbonyl (C=O) groups is 2. The van der Waals surface area contributed by atoms with Gasteiger partial charge in [-0.25, -0.2) is 0 Å². The highest BCUT2D eigenvalue weighted by atomic mass is 32.1. The monoisotopic (exact) mass is 361 g/mol. The molecule has 0 aromatic carbocycles. The van der Waals surface area contributed by atoms with Crippen molar-refractivity contribution in [2.24, 2.45) is 11.8 Å². The molecule has 1 amide bonds. The minimum Gasteiger partial charge on any atom is -0.457 e. The smallest absolute Gasteiger partial charge is 0.309 e. The third kappa shape index (κ3) is 3.73. The van der Waals surface area contributed by atoms with Gasteiger partial charge in [-0.1, -0.05) is 5.16 Å². The number of thiophene rings is 1. The minimum absolute atomic E-state index is 0.00763. The van der Waals surface area contributed by atoms with Crippen molar-refractivity contribution in [2.45, 2.75) is 32.3 Å². The highest BCUT2D eigenvalue weighted by Gasteiger charge is 2.36. The Bertz CT molecular complexity index is 746. The lowest BCUT2D eigenvalue weighted by Gasteiger charge is -2.31. The summed E-state index contributed by atoms with van der Waals surface area (Å²) in [5, 5.41) is 7.69. The maximum Gasteiger partial charge on any atom is 0.309 e. The van der Waals surface area contributed by atoms with E-state index < -0.39 is 0 Å². The molecule has 2 aromatic heterocycles. The van der Waals surface area contributed by atoms with Crippen molar-refractivity contribution in [3.05, 3.63) is 22.7 Å². The van der Waals surface area contributed by atoms with E-state index in [1.54, 1.807) is 11.3 Å². The molecule has 8 heteroatoms. The summed E-state index contributed by atoms with van der Waals surface area (Å²) in [5.41, 5.74) is 0.864. The number of ether oxygens (including phenoxy) is 1. The summed E-state index contributed by atoms with van der Waals surface area (Å²) in [7, 11) is 0. The second-order valence-corrected chi connectivity index (χ2v) is 7.29. The number of likely N-dealkylation sites (tertiary alicyclic amines) is 1. The molecule has 4 rings (SSSR count). The number of amides is 1. The average molecular weight is 361 g/mol. The molecule has 132 valence electrons. The quantitative estimate of drug-likeness (QED) is 0.761. The van der Waals surface area contributed by atoms with E-state index in [2.05, 4.69) is 10.1 Å². The zero-order chi connectivity index (χ0) is 17.2. The molecule has 2 aliphatic rings. The molecular formula is C17H19N3O4S. The number of aromatic nitrogens is 2. The summed E-state index contributed by atoms with van der Waals surface area (Å²) < 4.78 is 10.5. The van der Waals surface area contributed by atoms with Gasteiger partial charge in [0.15, 0.2) is 6.61 Å². The molecule has 1 saturated heterocycles. The van der Waals surface area contributed by atoms with Crippen molar-refractivity contribution in [1.82, 2.24) is 15.0 Å². The van der Waals surface area contributed by atoms with Gasteiger partial charge in [-0.05, 0) is 37.1 Å². The van der Waals surface area contributed by atoms with E-state index in [0.717, 1.165) is 18.4 Å². The van der Waals surface area contributed by atoms with Gasteiger partial charge in [0, 0.05) is 24.4 Å². The first-order valence-corrected chi connectivity index (χ1v) is 9.45. The number of rotatable bonds is 5. The Morgan fingerprint density at radius 2 is 2.04 bits per heavy atom. The Morgan fingerprint density at radius 3 is 2.72 bits per heavy atom. The normalized spacial score (nSPS) is 18.3. The predicted octanol–water partition coefficient (Wildman–Crippen LogP) is 2.49. The van der Waals surface area contributed by atoms with Crippen LogP contribution in [-0.4, -0.2) is 40.0 Å². The van der Waals surface area contributed by atoms with Gasteiger partial charge in [0.05, 0.1) is 11.5 Å². The highest BCUT2D eigenvalue weighted by molar-refractivity contribution is 7.08. The second-order valence-electron chi connectivity index (χ2n) is 6.51. The van der Waals surface area contributed by atoms with Gasteiger partial charge < -0.3 is 14.2 Å². The Hall–Kier alpha value is -2.22. The zero-order valence-corrected chi connectivity index (χ0v) is 14.5. The van der Waals surface area contributed by atoms with Crippen LogP contribution in [0.5, 0.6) is 0 Å². The second kappa shape index (κ2) is 6.95. The number of hydrogen-bond acceptors (Lipinski definition) is 7. The van der Waals surface area contributed by atoms with Crippen LogP contribution in [0.25, 0.3) is 11.5 Å². The topological polar surface area (TPSA) is 85.5 Å². The van der Waals surface area contributed by atoms with Gasteiger partial charge in [-0.15, -0.1) is 0 Å². The third-order valence-electron chi connectivity index (χ3n) is 4.65. The van der Waals surface area contributed by atoms with Crippen LogP contribution in [0.1, 0.15) is 31.5 Å². The molecular weight excluding hydrogens is 342 g/mol. The molecule has 0 radical (unpaired) electrons. The van der Waals surface area contributed by atoms with E-state index in [1.165, 1.54) is 0 Å². The van der Waals surface area contributed by atoms with Crippen LogP contribution < -0.4 is 0 Å². The van der Waals surface area contributed by atoms with E-state index in [1.807, 2.05) is 21.7 Å². The minimum atomic E-state index is -0.250. The SMILES string of the molecule is O=C(OCc1noc(-c2ccsc2)n1)C1CCN(C(=O)C2CC2)CC1. The lowest BCUT2D eigenvalue weighted by Crippen LogP contribution is -2.41. The Labute approximate surface area is 149 Å². The van der Waals surface area contributed by atoms with Crippen LogP contribution in [-0.2, 0) is 20.9 Å². The molecule has 25 heavy (non-hydrogen) atoms. The maximum absolute atomic E-state index is 12.2. The van der Waals surface area contributed by atoms with Crippen molar-refractivity contribution in [3.63, 3.8) is 0 Å². The first kappa shape index (κ1) is 16.3. The number of hydrogen-bond donors (Lipinski definition) is 0. The summed E-state index contributed by atoms with van der Waals surface area (Å²) in [6, 6.07) is 1.89. The van der Waals surface area contributed by atoms with E-state index >= 15 is 0 Å². The molecule has 1 saturated carbocycles. The van der Waals surface area contributed by atoms with E-state index in [-0.39, 0.29) is 30.3 Å². The largest absolute Gasteiger partial charge is 0.457 e. The molecule has 0 spiro atoms. The average Bonchev–Trinajstić information content (AvgIpc) is 3.15. The summed E-state index contributed by atoms with van der Waals surface area (Å²) >= 11 is 1.55. The maximum atomic E-state index is 12.2. The Balaban J connectivity index is 1.25. The van der Waals surface area contributed by atoms with Crippen molar-refractivity contribution in [2.75, 3.05) is 13.1 Å². The fourth-order valence-electron chi connectivity index (χ4n) is 2.99. The number of esters is 1. The Kier molecular flexibility index (Phi) is 4.52. The molecule has 1 aliphatic heterocycles. The van der Waals surface area contributed by atoms with E-state index in [0.29, 0.717) is 37.6 Å². The molecule has 0 atom stereocenters. The molecule has 2 aromatic rings. The summed E-state index contributed by atoms with van der Waals surface area (Å²) in [6.45, 7) is 1.28. The highest BCUT2D eigenvalue weighted by Crippen LogP contribution is 2.32. The van der Waals surface area contributed by atoms with Gasteiger partial charge >= 0.3 is 5.97 Å². The molecule has 2 fully saturated rings. The fourth-order valence-corrected chi connectivity index (χ4v) is 3.62. The van der Waals surface area contributed by atoms with Crippen LogP contribution in [0, 0.1) is 11.8 Å². The first-order chi connectivity index (χ1) is 12.2. The third-order valence-corrected chi connectivity index (χ3v) is 5.33. The van der Waals surface area contributed by atoms with E-state index in [4.69, 9.17) is 9.26 Å². The first-order valence-electron chi connectivity index (χ1n) is 8.51. The molecule has 0 N–H and O–H groups in total. The van der Waals surface area contributed by atoms with Crippen LogP contribution in [0.3, 0.4) is 0 Å². The van der Waals surface area contributed by atoms with Crippen LogP contribution in [0.4, 0.5) is 0 Å². The lowest BCUT2D eigenvalue weighted by molar-refractivity contribution is -0.153. The van der Waals surface area contributed by atoms with Gasteiger partial charge in [-0.3, -0.25) is 9.59 Å². The van der Waals surface area contributed by atoms with Crippen LogP contribution >= 0.6 is 11.3 Å². The van der Waals surface area contributed by atoms with Gasteiger partial charge in [0.1, 0.15) is 0 Å². The fraction of sp³-hybridized carbons (Fsp3) is 0.529. The zero-order valence-electron chi connectivity index (χ0n) is 13.7. The molecule has 7 nitrogen and oxygen atoms in total. The van der Waals surface area contributed by atoms with Gasteiger partial charge in [-0.2, -0.15) is 16.3 Å². The summed E-state index contributed by atoms with van der Waals surface area (Å²) in [5.74, 6) is 0.862. The van der Waals surface area contributed by atoms with Gasteiger partial charge in [0.25, 0.3) is 5.89 Å². The molecule has 1 aliphatic carbocycles. The number of piperidine rings is 1. The van der Waals surface area contributed by atoms with Gasteiger partial charge in [0.2, 0.25) is 11.7 Å². The molecule has 3 heterocycles. The standard InChI is InChI=1S/C17H19N3O4S/c21-16(11-1-2-11)20-6-3-12(4-7-20)17(22)23-9-14-18-15(24-19-14)13-5-8-25-10-13/h5,8,10-12H,1-4,6-7,9H2. The molecule has 0 unspecified atom stereocenters. The summed E-state index contributed by atoms with van der Waals surface area (Å²) in [6.07, 6.45) is 3.34. The number of carbonyl (C=O) groups excluding carboxylic acids is 2.